The molecule has 4 nitrogen and oxygen atoms in total. The quantitative estimate of drug-likeness (QED) is 0.824. The lowest BCUT2D eigenvalue weighted by molar-refractivity contribution is -0.139. The van der Waals surface area contributed by atoms with E-state index >= 15 is 0 Å². The summed E-state index contributed by atoms with van der Waals surface area (Å²) >= 11 is 1.60. The molecule has 100 valence electrons. The molecule has 5 heteroatoms. The van der Waals surface area contributed by atoms with E-state index in [1.807, 2.05) is 10.3 Å². The first-order valence-electron chi connectivity index (χ1n) is 6.48. The van der Waals surface area contributed by atoms with Gasteiger partial charge in [-0.05, 0) is 12.8 Å². The van der Waals surface area contributed by atoms with E-state index in [1.165, 1.54) is 19.3 Å². The zero-order valence-electron chi connectivity index (χ0n) is 10.8. The van der Waals surface area contributed by atoms with E-state index in [4.69, 9.17) is 4.74 Å². The Hall–Kier alpha value is -0.940. The van der Waals surface area contributed by atoms with Gasteiger partial charge in [-0.15, -0.1) is 11.3 Å². The van der Waals surface area contributed by atoms with Crippen LogP contribution in [0.1, 0.15) is 37.1 Å². The van der Waals surface area contributed by atoms with E-state index in [0.29, 0.717) is 12.6 Å². The Kier molecular flexibility index (Phi) is 5.13. The van der Waals surface area contributed by atoms with Crippen LogP contribution in [0.4, 0.5) is 0 Å². The first-order chi connectivity index (χ1) is 8.81. The van der Waals surface area contributed by atoms with Crippen LogP contribution in [-0.4, -0.2) is 35.5 Å². The van der Waals surface area contributed by atoms with Gasteiger partial charge in [-0.25, -0.2) is 4.98 Å². The summed E-state index contributed by atoms with van der Waals surface area (Å²) in [5, 5.41) is 2.96. The third-order valence-corrected chi connectivity index (χ3v) is 4.16. The largest absolute Gasteiger partial charge is 0.375 e. The second-order valence-electron chi connectivity index (χ2n) is 4.67. The van der Waals surface area contributed by atoms with Gasteiger partial charge < -0.3 is 9.64 Å². The summed E-state index contributed by atoms with van der Waals surface area (Å²) in [6.45, 7) is 0.798. The van der Waals surface area contributed by atoms with Gasteiger partial charge in [0.05, 0.1) is 6.54 Å². The molecule has 1 amide bonds. The third kappa shape index (κ3) is 3.53. The molecule has 1 aromatic rings. The molecule has 0 aromatic carbocycles. The molecule has 2 rings (SSSR count). The number of hydrogen-bond donors (Lipinski definition) is 0. The van der Waals surface area contributed by atoms with Gasteiger partial charge in [0.2, 0.25) is 5.91 Å². The molecule has 18 heavy (non-hydrogen) atoms. The van der Waals surface area contributed by atoms with Crippen molar-refractivity contribution in [1.82, 2.24) is 9.88 Å². The average Bonchev–Trinajstić information content (AvgIpc) is 2.90. The van der Waals surface area contributed by atoms with Crippen molar-refractivity contribution in [3.63, 3.8) is 0 Å². The van der Waals surface area contributed by atoms with Gasteiger partial charge in [-0.2, -0.15) is 0 Å². The van der Waals surface area contributed by atoms with Gasteiger partial charge >= 0.3 is 0 Å². The van der Waals surface area contributed by atoms with Crippen molar-refractivity contribution in [2.75, 3.05) is 13.7 Å². The summed E-state index contributed by atoms with van der Waals surface area (Å²) in [5.41, 5.74) is 0. The standard InChI is InChI=1S/C13H20N2O2S/c1-17-10-13(16)15(9-12-14-7-8-18-12)11-5-3-2-4-6-11/h7-8,11H,2-6,9-10H2,1H3. The van der Waals surface area contributed by atoms with E-state index in [1.54, 1.807) is 24.6 Å². The summed E-state index contributed by atoms with van der Waals surface area (Å²) in [4.78, 5) is 18.4. The van der Waals surface area contributed by atoms with E-state index < -0.39 is 0 Å². The summed E-state index contributed by atoms with van der Waals surface area (Å²) in [6, 6.07) is 0.366. The highest BCUT2D eigenvalue weighted by atomic mass is 32.1. The molecule has 1 aromatic heterocycles. The fourth-order valence-electron chi connectivity index (χ4n) is 2.50. The van der Waals surface area contributed by atoms with Crippen LogP contribution >= 0.6 is 11.3 Å². The Morgan fingerprint density at radius 3 is 2.89 bits per heavy atom. The van der Waals surface area contributed by atoms with Crippen LogP contribution in [0.5, 0.6) is 0 Å². The monoisotopic (exact) mass is 268 g/mol. The normalized spacial score (nSPS) is 16.7. The highest BCUT2D eigenvalue weighted by Crippen LogP contribution is 2.24. The van der Waals surface area contributed by atoms with Gasteiger partial charge in [-0.3, -0.25) is 4.79 Å². The Balaban J connectivity index is 2.03. The zero-order chi connectivity index (χ0) is 12.8. The summed E-state index contributed by atoms with van der Waals surface area (Å²) in [5.74, 6) is 0.0830. The van der Waals surface area contributed by atoms with Crippen LogP contribution in [0, 0.1) is 0 Å². The maximum absolute atomic E-state index is 12.1. The number of hydrogen-bond acceptors (Lipinski definition) is 4. The Morgan fingerprint density at radius 1 is 1.50 bits per heavy atom. The number of rotatable bonds is 5. The molecule has 1 heterocycles. The van der Waals surface area contributed by atoms with Crippen LogP contribution in [0.2, 0.25) is 0 Å². The minimum Gasteiger partial charge on any atom is -0.375 e. The lowest BCUT2D eigenvalue weighted by Gasteiger charge is -2.33. The van der Waals surface area contributed by atoms with E-state index in [0.717, 1.165) is 17.8 Å². The summed E-state index contributed by atoms with van der Waals surface area (Å²) in [7, 11) is 1.57. The van der Waals surface area contributed by atoms with E-state index in [2.05, 4.69) is 4.98 Å². The number of methoxy groups -OCH3 is 1. The second kappa shape index (κ2) is 6.85. The minimum atomic E-state index is 0.0830. The minimum absolute atomic E-state index is 0.0830. The number of thiazole rings is 1. The van der Waals surface area contributed by atoms with Crippen LogP contribution in [0.3, 0.4) is 0 Å². The molecule has 1 fully saturated rings. The number of nitrogens with zero attached hydrogens (tertiary/aromatic N) is 2. The molecule has 0 N–H and O–H groups in total. The Bertz CT molecular complexity index is 361. The van der Waals surface area contributed by atoms with Gasteiger partial charge in [0.1, 0.15) is 11.6 Å². The molecule has 0 atom stereocenters. The highest BCUT2D eigenvalue weighted by Gasteiger charge is 2.25. The van der Waals surface area contributed by atoms with Crippen molar-refractivity contribution in [1.29, 1.82) is 0 Å². The van der Waals surface area contributed by atoms with Crippen molar-refractivity contribution in [3.8, 4) is 0 Å². The number of carbonyl (C=O) groups excluding carboxylic acids is 1. The van der Waals surface area contributed by atoms with Crippen molar-refractivity contribution in [2.45, 2.75) is 44.7 Å². The number of ether oxygens (including phenoxy) is 1. The van der Waals surface area contributed by atoms with Crippen molar-refractivity contribution in [2.24, 2.45) is 0 Å². The van der Waals surface area contributed by atoms with Crippen molar-refractivity contribution in [3.05, 3.63) is 16.6 Å². The van der Waals surface area contributed by atoms with Crippen LogP contribution < -0.4 is 0 Å². The average molecular weight is 268 g/mol. The molecular formula is C13H20N2O2S. The smallest absolute Gasteiger partial charge is 0.249 e. The lowest BCUT2D eigenvalue weighted by atomic mass is 9.94. The van der Waals surface area contributed by atoms with Gasteiger partial charge in [-0.1, -0.05) is 19.3 Å². The molecule has 0 bridgehead atoms. The van der Waals surface area contributed by atoms with Gasteiger partial charge in [0, 0.05) is 24.7 Å². The summed E-state index contributed by atoms with van der Waals surface area (Å²) in [6.07, 6.45) is 7.75. The Labute approximate surface area is 112 Å². The summed E-state index contributed by atoms with van der Waals surface area (Å²) < 4.78 is 4.99. The maximum atomic E-state index is 12.1. The highest BCUT2D eigenvalue weighted by molar-refractivity contribution is 7.09. The predicted molar refractivity (Wildman–Crippen MR) is 71.4 cm³/mol. The van der Waals surface area contributed by atoms with Crippen LogP contribution in [0.25, 0.3) is 0 Å². The zero-order valence-corrected chi connectivity index (χ0v) is 11.6. The van der Waals surface area contributed by atoms with E-state index in [9.17, 15) is 4.79 Å². The number of aromatic nitrogens is 1. The van der Waals surface area contributed by atoms with Crippen molar-refractivity contribution >= 4 is 17.2 Å². The topological polar surface area (TPSA) is 42.4 Å². The molecule has 1 saturated carbocycles. The first-order valence-corrected chi connectivity index (χ1v) is 7.36. The molecule has 0 radical (unpaired) electrons. The fraction of sp³-hybridized carbons (Fsp3) is 0.692. The Morgan fingerprint density at radius 2 is 2.28 bits per heavy atom. The van der Waals surface area contributed by atoms with Gasteiger partial charge in [0.25, 0.3) is 0 Å². The molecule has 0 spiro atoms. The molecule has 0 unspecified atom stereocenters. The van der Waals surface area contributed by atoms with Gasteiger partial charge in [0.15, 0.2) is 0 Å². The van der Waals surface area contributed by atoms with Crippen LogP contribution in [-0.2, 0) is 16.1 Å². The third-order valence-electron chi connectivity index (χ3n) is 3.39. The molecule has 0 aliphatic heterocycles. The molecule has 1 aliphatic rings. The molecule has 0 saturated heterocycles. The molecular weight excluding hydrogens is 248 g/mol. The maximum Gasteiger partial charge on any atom is 0.249 e. The molecule has 1 aliphatic carbocycles. The number of carbonyl (C=O) groups is 1. The first kappa shape index (κ1) is 13.5. The fourth-order valence-corrected chi connectivity index (χ4v) is 3.11. The van der Waals surface area contributed by atoms with Crippen LogP contribution in [0.15, 0.2) is 11.6 Å². The lowest BCUT2D eigenvalue weighted by Crippen LogP contribution is -2.42. The van der Waals surface area contributed by atoms with Crippen molar-refractivity contribution < 1.29 is 9.53 Å². The SMILES string of the molecule is COCC(=O)N(Cc1nccs1)C1CCCCC1. The number of amides is 1. The predicted octanol–water partition coefficient (Wildman–Crippen LogP) is 2.45. The van der Waals surface area contributed by atoms with E-state index in [-0.39, 0.29) is 12.5 Å². The second-order valence-corrected chi connectivity index (χ2v) is 5.65.